The Balaban J connectivity index is 2.52. The van der Waals surface area contributed by atoms with E-state index in [9.17, 15) is 5.11 Å². The molecular weight excluding hydrogens is 172 g/mol. The predicted octanol–water partition coefficient (Wildman–Crippen LogP) is 2.71. The molecule has 0 saturated heterocycles. The van der Waals surface area contributed by atoms with Crippen molar-refractivity contribution in [1.29, 1.82) is 0 Å². The zero-order chi connectivity index (χ0) is 8.55. The number of aliphatic hydroxyl groups excluding tert-OH is 1. The summed E-state index contributed by atoms with van der Waals surface area (Å²) in [4.78, 5) is 0. The highest BCUT2D eigenvalue weighted by atomic mass is 35.5. The minimum Gasteiger partial charge on any atom is -0.388 e. The first-order chi connectivity index (χ1) is 5.79. The quantitative estimate of drug-likeness (QED) is 0.654. The molecule has 0 amide bonds. The van der Waals surface area contributed by atoms with E-state index in [2.05, 4.69) is 0 Å². The number of halogens is 1. The van der Waals surface area contributed by atoms with Gasteiger partial charge in [-0.15, -0.1) is 0 Å². The molecule has 0 aliphatic heterocycles. The summed E-state index contributed by atoms with van der Waals surface area (Å²) in [6.45, 7) is 0. The van der Waals surface area contributed by atoms with E-state index in [4.69, 9.17) is 11.6 Å². The Morgan fingerprint density at radius 1 is 1.42 bits per heavy atom. The lowest BCUT2D eigenvalue weighted by Crippen LogP contribution is -2.09. The summed E-state index contributed by atoms with van der Waals surface area (Å²) >= 11 is 6.00. The van der Waals surface area contributed by atoms with Crippen molar-refractivity contribution in [2.24, 2.45) is 0 Å². The smallest absolute Gasteiger partial charge is 0.0793 e. The van der Waals surface area contributed by atoms with Crippen LogP contribution in [0.25, 0.3) is 0 Å². The fourth-order valence-corrected chi connectivity index (χ4v) is 2.06. The molecule has 0 heterocycles. The molecular formula is C10H11ClO. The maximum absolute atomic E-state index is 9.63. The van der Waals surface area contributed by atoms with E-state index in [0.717, 1.165) is 35.4 Å². The normalized spacial score (nSPS) is 22.0. The zero-order valence-electron chi connectivity index (χ0n) is 6.76. The van der Waals surface area contributed by atoms with Crippen LogP contribution in [0.1, 0.15) is 30.1 Å². The fraction of sp³-hybridized carbons (Fsp3) is 0.400. The van der Waals surface area contributed by atoms with Gasteiger partial charge in [-0.25, -0.2) is 0 Å². The Bertz CT molecular complexity index is 296. The van der Waals surface area contributed by atoms with Gasteiger partial charge in [-0.05, 0) is 36.5 Å². The lowest BCUT2D eigenvalue weighted by atomic mass is 9.89. The number of aliphatic hydroxyl groups is 1. The van der Waals surface area contributed by atoms with Crippen LogP contribution in [0, 0.1) is 0 Å². The van der Waals surface area contributed by atoms with Crippen LogP contribution in [0.3, 0.4) is 0 Å². The number of fused-ring (bicyclic) bond motifs is 1. The lowest BCUT2D eigenvalue weighted by molar-refractivity contribution is 0.156. The molecule has 0 aromatic heterocycles. The van der Waals surface area contributed by atoms with Crippen molar-refractivity contribution in [3.8, 4) is 0 Å². The van der Waals surface area contributed by atoms with Gasteiger partial charge in [-0.3, -0.25) is 0 Å². The van der Waals surface area contributed by atoms with Gasteiger partial charge in [0.05, 0.1) is 6.10 Å². The molecule has 64 valence electrons. The van der Waals surface area contributed by atoms with Crippen molar-refractivity contribution in [2.75, 3.05) is 0 Å². The average Bonchev–Trinajstić information content (AvgIpc) is 2.07. The topological polar surface area (TPSA) is 20.2 Å². The van der Waals surface area contributed by atoms with Gasteiger partial charge in [0.15, 0.2) is 0 Å². The molecule has 0 spiro atoms. The summed E-state index contributed by atoms with van der Waals surface area (Å²) < 4.78 is 0. The van der Waals surface area contributed by atoms with Crippen molar-refractivity contribution in [3.63, 3.8) is 0 Å². The largest absolute Gasteiger partial charge is 0.388 e. The first-order valence-corrected chi connectivity index (χ1v) is 4.62. The van der Waals surface area contributed by atoms with Gasteiger partial charge in [0.2, 0.25) is 0 Å². The van der Waals surface area contributed by atoms with E-state index in [-0.39, 0.29) is 6.10 Å². The molecule has 1 aliphatic carbocycles. The Hall–Kier alpha value is -0.530. The van der Waals surface area contributed by atoms with Gasteiger partial charge in [0, 0.05) is 5.02 Å². The minimum absolute atomic E-state index is 0.299. The number of rotatable bonds is 0. The second-order valence-corrected chi connectivity index (χ2v) is 3.62. The molecule has 1 aromatic carbocycles. The van der Waals surface area contributed by atoms with Crippen LogP contribution in [-0.4, -0.2) is 5.11 Å². The second kappa shape index (κ2) is 3.08. The summed E-state index contributed by atoms with van der Waals surface area (Å²) in [6.07, 6.45) is 2.62. The molecule has 1 unspecified atom stereocenters. The summed E-state index contributed by atoms with van der Waals surface area (Å²) in [6, 6.07) is 5.75. The van der Waals surface area contributed by atoms with E-state index in [0.29, 0.717) is 0 Å². The number of hydrogen-bond donors (Lipinski definition) is 1. The summed E-state index contributed by atoms with van der Waals surface area (Å²) in [5.41, 5.74) is 2.16. The third-order valence-corrected chi connectivity index (χ3v) is 2.77. The highest BCUT2D eigenvalue weighted by Gasteiger charge is 2.18. The second-order valence-electron chi connectivity index (χ2n) is 3.22. The molecule has 0 radical (unpaired) electrons. The molecule has 1 nitrogen and oxygen atoms in total. The first kappa shape index (κ1) is 8.09. The average molecular weight is 183 g/mol. The van der Waals surface area contributed by atoms with Crippen LogP contribution in [0.2, 0.25) is 5.02 Å². The first-order valence-electron chi connectivity index (χ1n) is 4.24. The highest BCUT2D eigenvalue weighted by molar-refractivity contribution is 6.31. The van der Waals surface area contributed by atoms with Crippen molar-refractivity contribution < 1.29 is 5.11 Å². The van der Waals surface area contributed by atoms with E-state index < -0.39 is 0 Å². The number of benzene rings is 1. The fourth-order valence-electron chi connectivity index (χ4n) is 1.78. The van der Waals surface area contributed by atoms with Gasteiger partial charge in [-0.1, -0.05) is 23.7 Å². The van der Waals surface area contributed by atoms with Crippen LogP contribution in [0.15, 0.2) is 18.2 Å². The molecule has 1 N–H and O–H groups in total. The van der Waals surface area contributed by atoms with Crippen molar-refractivity contribution >= 4 is 11.6 Å². The lowest BCUT2D eigenvalue weighted by Gasteiger charge is -2.21. The maximum atomic E-state index is 9.63. The standard InChI is InChI=1S/C10H11ClO/c11-9-5-1-4-8-7(9)3-2-6-10(8)12/h1,4-5,10,12H,2-3,6H2. The molecule has 0 saturated carbocycles. The minimum atomic E-state index is -0.299. The molecule has 0 bridgehead atoms. The number of hydrogen-bond acceptors (Lipinski definition) is 1. The molecule has 0 fully saturated rings. The highest BCUT2D eigenvalue weighted by Crippen LogP contribution is 2.33. The van der Waals surface area contributed by atoms with Crippen LogP contribution in [0.5, 0.6) is 0 Å². The predicted molar refractivity (Wildman–Crippen MR) is 49.3 cm³/mol. The monoisotopic (exact) mass is 182 g/mol. The summed E-state index contributed by atoms with van der Waals surface area (Å²) in [7, 11) is 0. The molecule has 2 heteroatoms. The third-order valence-electron chi connectivity index (χ3n) is 2.42. The van der Waals surface area contributed by atoms with Gasteiger partial charge < -0.3 is 5.11 Å². The Kier molecular flexibility index (Phi) is 2.07. The van der Waals surface area contributed by atoms with Crippen molar-refractivity contribution in [3.05, 3.63) is 34.3 Å². The van der Waals surface area contributed by atoms with Crippen molar-refractivity contribution in [2.45, 2.75) is 25.4 Å². The van der Waals surface area contributed by atoms with Gasteiger partial charge >= 0.3 is 0 Å². The summed E-state index contributed by atoms with van der Waals surface area (Å²) in [5, 5.41) is 10.4. The van der Waals surface area contributed by atoms with Crippen LogP contribution < -0.4 is 0 Å². The molecule has 1 atom stereocenters. The molecule has 1 aromatic rings. The van der Waals surface area contributed by atoms with Crippen molar-refractivity contribution in [1.82, 2.24) is 0 Å². The summed E-state index contributed by atoms with van der Waals surface area (Å²) in [5.74, 6) is 0. The van der Waals surface area contributed by atoms with E-state index in [1.807, 2.05) is 18.2 Å². The van der Waals surface area contributed by atoms with Crippen LogP contribution >= 0.6 is 11.6 Å². The van der Waals surface area contributed by atoms with Crippen LogP contribution in [-0.2, 0) is 6.42 Å². The maximum Gasteiger partial charge on any atom is 0.0793 e. The Morgan fingerprint density at radius 3 is 3.00 bits per heavy atom. The Morgan fingerprint density at radius 2 is 2.25 bits per heavy atom. The Labute approximate surface area is 77.0 Å². The molecule has 1 aliphatic rings. The van der Waals surface area contributed by atoms with E-state index >= 15 is 0 Å². The van der Waals surface area contributed by atoms with Crippen LogP contribution in [0.4, 0.5) is 0 Å². The van der Waals surface area contributed by atoms with Gasteiger partial charge in [0.25, 0.3) is 0 Å². The van der Waals surface area contributed by atoms with E-state index in [1.54, 1.807) is 0 Å². The van der Waals surface area contributed by atoms with Gasteiger partial charge in [-0.2, -0.15) is 0 Å². The zero-order valence-corrected chi connectivity index (χ0v) is 7.51. The van der Waals surface area contributed by atoms with Gasteiger partial charge in [0.1, 0.15) is 0 Å². The molecule has 2 rings (SSSR count). The third kappa shape index (κ3) is 1.23. The van der Waals surface area contributed by atoms with E-state index in [1.165, 1.54) is 0 Å². The molecule has 12 heavy (non-hydrogen) atoms. The SMILES string of the molecule is OC1CCCc2c(Cl)cccc21.